The molecule has 140 valence electrons. The van der Waals surface area contributed by atoms with Gasteiger partial charge >= 0.3 is 0 Å². The molecule has 5 heteroatoms. The lowest BCUT2D eigenvalue weighted by molar-refractivity contribution is -0.126. The molecule has 0 radical (unpaired) electrons. The molecule has 0 saturated heterocycles. The van der Waals surface area contributed by atoms with Crippen LogP contribution < -0.4 is 14.8 Å². The van der Waals surface area contributed by atoms with Crippen LogP contribution in [0.2, 0.25) is 0 Å². The summed E-state index contributed by atoms with van der Waals surface area (Å²) in [7, 11) is 5.26. The number of amides is 1. The van der Waals surface area contributed by atoms with Crippen molar-refractivity contribution in [2.45, 2.75) is 58.2 Å². The molecule has 25 heavy (non-hydrogen) atoms. The van der Waals surface area contributed by atoms with E-state index in [4.69, 9.17) is 9.47 Å². The second kappa shape index (κ2) is 9.09. The zero-order chi connectivity index (χ0) is 18.4. The molecule has 0 aliphatic heterocycles. The Hall–Kier alpha value is -1.75. The lowest BCUT2D eigenvalue weighted by Gasteiger charge is -2.32. The Morgan fingerprint density at radius 3 is 2.64 bits per heavy atom. The molecule has 1 N–H and O–H groups in total. The number of nitrogens with one attached hydrogen (secondary N) is 1. The largest absolute Gasteiger partial charge is 0.497 e. The summed E-state index contributed by atoms with van der Waals surface area (Å²) >= 11 is 0. The summed E-state index contributed by atoms with van der Waals surface area (Å²) in [6, 6.07) is 5.90. The summed E-state index contributed by atoms with van der Waals surface area (Å²) in [5.41, 5.74) is 1.04. The van der Waals surface area contributed by atoms with Gasteiger partial charge in [0.2, 0.25) is 5.91 Å². The van der Waals surface area contributed by atoms with Gasteiger partial charge in [0, 0.05) is 24.2 Å². The number of methoxy groups -OCH3 is 2. The van der Waals surface area contributed by atoms with Gasteiger partial charge in [0.1, 0.15) is 11.5 Å². The average Bonchev–Trinajstić information content (AvgIpc) is 2.63. The maximum Gasteiger partial charge on any atom is 0.237 e. The van der Waals surface area contributed by atoms with Crippen LogP contribution in [0.1, 0.15) is 45.1 Å². The molecule has 1 aliphatic rings. The van der Waals surface area contributed by atoms with Crippen LogP contribution >= 0.6 is 0 Å². The molecule has 1 fully saturated rings. The minimum absolute atomic E-state index is 0.105. The van der Waals surface area contributed by atoms with Crippen LogP contribution in [0.4, 0.5) is 0 Å². The number of carbonyl (C=O) groups excluding carboxylic acids is 1. The smallest absolute Gasteiger partial charge is 0.237 e. The zero-order valence-electron chi connectivity index (χ0n) is 16.2. The third-order valence-electron chi connectivity index (χ3n) is 5.39. The van der Waals surface area contributed by atoms with E-state index in [2.05, 4.69) is 12.2 Å². The summed E-state index contributed by atoms with van der Waals surface area (Å²) in [6.45, 7) is 4.83. The monoisotopic (exact) mass is 348 g/mol. The number of nitrogens with zero attached hydrogens (tertiary/aromatic N) is 1. The molecule has 0 spiro atoms. The van der Waals surface area contributed by atoms with Crippen molar-refractivity contribution in [1.29, 1.82) is 0 Å². The first-order valence-electron chi connectivity index (χ1n) is 9.17. The summed E-state index contributed by atoms with van der Waals surface area (Å²) in [6.07, 6.45) is 4.79. The summed E-state index contributed by atoms with van der Waals surface area (Å²) in [5.74, 6) is 2.21. The van der Waals surface area contributed by atoms with Crippen molar-refractivity contribution in [2.24, 2.45) is 5.92 Å². The molecule has 0 heterocycles. The predicted molar refractivity (Wildman–Crippen MR) is 100 cm³/mol. The van der Waals surface area contributed by atoms with Crippen molar-refractivity contribution in [3.63, 3.8) is 0 Å². The van der Waals surface area contributed by atoms with Gasteiger partial charge in [0.25, 0.3) is 0 Å². The fraction of sp³-hybridized carbons (Fsp3) is 0.650. The van der Waals surface area contributed by atoms with E-state index in [1.165, 1.54) is 19.3 Å². The summed E-state index contributed by atoms with van der Waals surface area (Å²) in [4.78, 5) is 14.7. The fourth-order valence-electron chi connectivity index (χ4n) is 3.42. The number of rotatable bonds is 7. The van der Waals surface area contributed by atoms with Crippen molar-refractivity contribution in [1.82, 2.24) is 10.2 Å². The van der Waals surface area contributed by atoms with E-state index in [0.29, 0.717) is 18.5 Å². The minimum Gasteiger partial charge on any atom is -0.497 e. The first-order valence-corrected chi connectivity index (χ1v) is 9.17. The van der Waals surface area contributed by atoms with Crippen LogP contribution in [0, 0.1) is 5.92 Å². The number of ether oxygens (including phenoxy) is 2. The van der Waals surface area contributed by atoms with Gasteiger partial charge in [-0.3, -0.25) is 9.69 Å². The molecule has 2 rings (SSSR count). The Labute approximate surface area is 151 Å². The van der Waals surface area contributed by atoms with Crippen LogP contribution in [0.25, 0.3) is 0 Å². The van der Waals surface area contributed by atoms with E-state index >= 15 is 0 Å². The Morgan fingerprint density at radius 2 is 2.00 bits per heavy atom. The quantitative estimate of drug-likeness (QED) is 0.822. The first-order chi connectivity index (χ1) is 12.0. The van der Waals surface area contributed by atoms with Crippen LogP contribution in [-0.2, 0) is 11.3 Å². The Bertz CT molecular complexity index is 576. The highest BCUT2D eigenvalue weighted by Crippen LogP contribution is 2.26. The number of likely N-dealkylation sites (N-methyl/N-ethyl adjacent to an activating group) is 1. The molecule has 1 aromatic carbocycles. The lowest BCUT2D eigenvalue weighted by atomic mass is 9.86. The highest BCUT2D eigenvalue weighted by Gasteiger charge is 2.26. The standard InChI is InChI=1S/C20H32N2O3/c1-14-8-6-7-9-18(14)21-20(23)15(2)22(3)13-16-10-11-17(24-4)12-19(16)25-5/h10-12,14-15,18H,6-9,13H2,1-5H3,(H,21,23)/t14-,15-,18+/m1/s1. The van der Waals surface area contributed by atoms with Crippen molar-refractivity contribution < 1.29 is 14.3 Å². The van der Waals surface area contributed by atoms with Gasteiger partial charge in [0.15, 0.2) is 0 Å². The van der Waals surface area contributed by atoms with E-state index in [-0.39, 0.29) is 11.9 Å². The molecule has 1 saturated carbocycles. The van der Waals surface area contributed by atoms with Crippen molar-refractivity contribution >= 4 is 5.91 Å². The molecule has 1 amide bonds. The molecule has 5 nitrogen and oxygen atoms in total. The summed E-state index contributed by atoms with van der Waals surface area (Å²) < 4.78 is 10.7. The van der Waals surface area contributed by atoms with E-state index in [0.717, 1.165) is 23.5 Å². The van der Waals surface area contributed by atoms with E-state index in [1.54, 1.807) is 14.2 Å². The number of benzene rings is 1. The normalized spacial score (nSPS) is 21.7. The third kappa shape index (κ3) is 5.11. The van der Waals surface area contributed by atoms with Gasteiger partial charge in [-0.25, -0.2) is 0 Å². The maximum absolute atomic E-state index is 12.6. The van der Waals surface area contributed by atoms with Gasteiger partial charge in [-0.05, 0) is 38.8 Å². The molecule has 0 bridgehead atoms. The lowest BCUT2D eigenvalue weighted by Crippen LogP contribution is -2.49. The van der Waals surface area contributed by atoms with Gasteiger partial charge < -0.3 is 14.8 Å². The zero-order valence-corrected chi connectivity index (χ0v) is 16.2. The molecule has 3 atom stereocenters. The maximum atomic E-state index is 12.6. The Kier molecular flexibility index (Phi) is 7.12. The van der Waals surface area contributed by atoms with Gasteiger partial charge in [0.05, 0.1) is 20.3 Å². The molecule has 0 aromatic heterocycles. The minimum atomic E-state index is -0.194. The Morgan fingerprint density at radius 1 is 1.28 bits per heavy atom. The highest BCUT2D eigenvalue weighted by atomic mass is 16.5. The predicted octanol–water partition coefficient (Wildman–Crippen LogP) is 3.22. The molecular weight excluding hydrogens is 316 g/mol. The highest BCUT2D eigenvalue weighted by molar-refractivity contribution is 5.81. The topological polar surface area (TPSA) is 50.8 Å². The van der Waals surface area contributed by atoms with E-state index < -0.39 is 0 Å². The molecule has 1 aromatic rings. The van der Waals surface area contributed by atoms with Crippen molar-refractivity contribution in [3.8, 4) is 11.5 Å². The molecule has 0 unspecified atom stereocenters. The number of hydrogen-bond donors (Lipinski definition) is 1. The van der Waals surface area contributed by atoms with E-state index in [9.17, 15) is 4.79 Å². The van der Waals surface area contributed by atoms with Crippen LogP contribution in [0.15, 0.2) is 18.2 Å². The summed E-state index contributed by atoms with van der Waals surface area (Å²) in [5, 5.41) is 3.25. The van der Waals surface area contributed by atoms with Crippen LogP contribution in [-0.4, -0.2) is 44.2 Å². The van der Waals surface area contributed by atoms with Crippen LogP contribution in [0.3, 0.4) is 0 Å². The third-order valence-corrected chi connectivity index (χ3v) is 5.39. The molecular formula is C20H32N2O3. The van der Waals surface area contributed by atoms with Crippen molar-refractivity contribution in [3.05, 3.63) is 23.8 Å². The number of hydrogen-bond acceptors (Lipinski definition) is 4. The van der Waals surface area contributed by atoms with E-state index in [1.807, 2.05) is 37.1 Å². The van der Waals surface area contributed by atoms with Crippen LogP contribution in [0.5, 0.6) is 11.5 Å². The average molecular weight is 348 g/mol. The fourth-order valence-corrected chi connectivity index (χ4v) is 3.42. The van der Waals surface area contributed by atoms with Gasteiger partial charge in [-0.2, -0.15) is 0 Å². The van der Waals surface area contributed by atoms with Gasteiger partial charge in [-0.1, -0.05) is 25.8 Å². The SMILES string of the molecule is COc1ccc(CN(C)[C@H](C)C(=O)N[C@H]2CCCC[C@H]2C)c(OC)c1. The second-order valence-corrected chi connectivity index (χ2v) is 7.15. The second-order valence-electron chi connectivity index (χ2n) is 7.15. The number of carbonyl (C=O) groups is 1. The molecule has 1 aliphatic carbocycles. The Balaban J connectivity index is 1.97. The first kappa shape index (κ1) is 19.6. The van der Waals surface area contributed by atoms with Crippen molar-refractivity contribution in [2.75, 3.05) is 21.3 Å². The van der Waals surface area contributed by atoms with Gasteiger partial charge in [-0.15, -0.1) is 0 Å².